The van der Waals surface area contributed by atoms with E-state index < -0.39 is 25.5 Å². The number of nitrogens with one attached hydrogen (secondary N) is 1. The van der Waals surface area contributed by atoms with Crippen molar-refractivity contribution in [3.8, 4) is 0 Å². The maximum Gasteiger partial charge on any atom is 1.00 e. The molecule has 360 valence electrons. The van der Waals surface area contributed by atoms with Crippen LogP contribution in [-0.4, -0.2) is 113 Å². The summed E-state index contributed by atoms with van der Waals surface area (Å²) in [6.07, 6.45) is -1.44. The van der Waals surface area contributed by atoms with Gasteiger partial charge in [0.2, 0.25) is 10.0 Å². The number of carbonyl (C=O) groups is 1. The van der Waals surface area contributed by atoms with Gasteiger partial charge >= 0.3 is 109 Å². The van der Waals surface area contributed by atoms with Crippen LogP contribution in [0.4, 0.5) is 4.39 Å². The summed E-state index contributed by atoms with van der Waals surface area (Å²) >= 11 is 25.2. The van der Waals surface area contributed by atoms with Gasteiger partial charge < -0.3 is 50.6 Å². The molecule has 67 heavy (non-hydrogen) atoms. The van der Waals surface area contributed by atoms with Crippen LogP contribution < -0.4 is 125 Å². The summed E-state index contributed by atoms with van der Waals surface area (Å²) in [5, 5.41) is 2.41. The topological polar surface area (TPSA) is 219 Å². The molecule has 2 aliphatic rings. The van der Waals surface area contributed by atoms with Gasteiger partial charge in [-0.1, -0.05) is 70.7 Å². The molecule has 2 atom stereocenters. The van der Waals surface area contributed by atoms with Crippen molar-refractivity contribution in [1.29, 1.82) is 0 Å². The Labute approximate surface area is 504 Å². The molecular formula is C42H53Cl5FK2N6O9S2+. The predicted molar refractivity (Wildman–Crippen MR) is 253 cm³/mol. The minimum Gasteiger partial charge on any atom is -0.426 e. The zero-order valence-electron chi connectivity index (χ0n) is 38.5. The maximum atomic E-state index is 12.7. The second-order valence-electron chi connectivity index (χ2n) is 14.3. The smallest absolute Gasteiger partial charge is 0.426 e. The largest absolute Gasteiger partial charge is 1.00 e. The number of hydrogen-bond acceptors (Lipinski definition) is 14. The number of rotatable bonds is 16. The fraction of sp³-hybridized carbons (Fsp3) is 0.381. The van der Waals surface area contributed by atoms with Gasteiger partial charge in [0, 0.05) is 95.0 Å². The van der Waals surface area contributed by atoms with E-state index in [1.807, 2.05) is 38.4 Å². The number of nitrogens with two attached hydrogens (primary N) is 3. The minimum absolute atomic E-state index is 0. The normalized spacial score (nSPS) is 15.8. The summed E-state index contributed by atoms with van der Waals surface area (Å²) in [5.74, 6) is -0.0405. The molecule has 0 aliphatic carbocycles. The number of nitrogens with zero attached hydrogens (tertiary/aromatic N) is 2. The van der Waals surface area contributed by atoms with E-state index in [1.54, 1.807) is 42.5 Å². The van der Waals surface area contributed by atoms with Crippen LogP contribution in [-0.2, 0) is 56.2 Å². The van der Waals surface area contributed by atoms with Crippen LogP contribution in [0.2, 0.25) is 20.1 Å². The van der Waals surface area contributed by atoms with Crippen LogP contribution in [0.3, 0.4) is 0 Å². The van der Waals surface area contributed by atoms with Gasteiger partial charge in [0.1, 0.15) is 0 Å². The first-order valence-corrected chi connectivity index (χ1v) is 25.0. The van der Waals surface area contributed by atoms with Crippen LogP contribution >= 0.6 is 57.1 Å². The number of halogens is 6. The van der Waals surface area contributed by atoms with Crippen LogP contribution in [0.15, 0.2) is 82.6 Å². The number of fused-ring (bicyclic) bond motifs is 2. The molecule has 15 nitrogen and oxygen atoms in total. The zero-order valence-corrected chi connectivity index (χ0v) is 49.2. The Balaban J connectivity index is 0.000000526. The van der Waals surface area contributed by atoms with Crippen molar-refractivity contribution >= 4 is 82.6 Å². The third-order valence-corrected chi connectivity index (χ3v) is 13.5. The molecule has 4 aromatic carbocycles. The average molecular weight is 1130 g/mol. The molecule has 2 aliphatic heterocycles. The molecule has 0 spiro atoms. The summed E-state index contributed by atoms with van der Waals surface area (Å²) in [6, 6.07) is 21.0. The number of carbonyl (C=O) groups excluding carboxylic acids is 1. The number of hydrogen-bond donors (Lipinski definition) is 4. The van der Waals surface area contributed by atoms with Crippen molar-refractivity contribution in [3.63, 3.8) is 0 Å². The Kier molecular flexibility index (Phi) is 32.4. The number of ether oxygens (including phenoxy) is 2. The molecule has 0 fully saturated rings. The third-order valence-electron chi connectivity index (χ3n) is 9.54. The summed E-state index contributed by atoms with van der Waals surface area (Å²) in [6.45, 7) is 6.28. The second-order valence-corrected chi connectivity index (χ2v) is 20.4. The van der Waals surface area contributed by atoms with Crippen LogP contribution in [0.5, 0.6) is 0 Å². The average Bonchev–Trinajstić information content (AvgIpc) is 3.26. The SMILES string of the molecule is CN1Cc2c(Cl)cc(Cl)cc2C(c2cccc(S(=O)(=O)Cl)c2)C1.CN1Cc2c(Cl)cc(Cl)cc2C(c2cccc(S(=O)(=O)NCCOCCN)c2)C1.NCCOCCN.[2H]C(=O)OO[CH-]F.[K+].[K+]. The number of benzene rings is 4. The Morgan fingerprint density at radius 2 is 1.18 bits per heavy atom. The summed E-state index contributed by atoms with van der Waals surface area (Å²) in [5.41, 5.74) is 21.5. The van der Waals surface area contributed by atoms with Gasteiger partial charge in [-0.3, -0.25) is 4.79 Å². The van der Waals surface area contributed by atoms with Gasteiger partial charge in [0.15, 0.2) is 1.37 Å². The van der Waals surface area contributed by atoms with Crippen molar-refractivity contribution in [2.45, 2.75) is 34.7 Å². The molecule has 0 saturated heterocycles. The quantitative estimate of drug-likeness (QED) is 0.0228. The van der Waals surface area contributed by atoms with E-state index in [0.29, 0.717) is 59.5 Å². The van der Waals surface area contributed by atoms with Crippen molar-refractivity contribution in [1.82, 2.24) is 14.5 Å². The van der Waals surface area contributed by atoms with E-state index in [2.05, 4.69) is 24.3 Å². The van der Waals surface area contributed by atoms with Crippen LogP contribution in [0.1, 0.15) is 46.6 Å². The van der Waals surface area contributed by atoms with Gasteiger partial charge in [0.05, 0.1) is 36.2 Å². The minimum atomic E-state index is -3.76. The molecule has 0 radical (unpaired) electrons. The standard InChI is InChI=1S/C20H25Cl2N3O3S.C16H14Cl3NO2S.C4H12N2O.C2H2FO3.2K/c1-25-12-18(17-10-15(21)11-20(22)19(17)13-25)14-3-2-4-16(9-14)29(26,27)24-6-8-28-7-5-23;1-20-8-14(10-3-2-4-12(5-10)23(19,21)22)13-6-11(17)7-16(18)15(13)9-20;5-1-3-7-4-2-6;3-1-5-6-2-4;;/h2-4,9-11,18,24H,5-8,12-13,23H2,1H3;2-7,14H,8-9H2,1H3;1-6H2;1-2H;;/q;;;-1;2*+1/i;;;2D;;. The van der Waals surface area contributed by atoms with Gasteiger partial charge in [-0.15, -0.1) is 0 Å². The molecule has 0 amide bonds. The molecule has 25 heteroatoms. The summed E-state index contributed by atoms with van der Waals surface area (Å²) < 4.78 is 77.8. The van der Waals surface area contributed by atoms with Crippen molar-refractivity contribution in [2.75, 3.05) is 79.8 Å². The van der Waals surface area contributed by atoms with E-state index >= 15 is 0 Å². The van der Waals surface area contributed by atoms with Gasteiger partial charge in [-0.05, 0) is 103 Å². The van der Waals surface area contributed by atoms with Crippen molar-refractivity contribution in [2.24, 2.45) is 17.2 Å². The molecule has 0 aromatic heterocycles. The molecular weight excluding hydrogens is 1070 g/mol. The zero-order chi connectivity index (χ0) is 49.0. The Morgan fingerprint density at radius 3 is 1.58 bits per heavy atom. The maximum absolute atomic E-state index is 12.7. The molecule has 0 bridgehead atoms. The first kappa shape index (κ1) is 63.7. The van der Waals surface area contributed by atoms with E-state index in [-0.39, 0.29) is 144 Å². The first-order chi connectivity index (χ1) is 31.3. The van der Waals surface area contributed by atoms with Crippen molar-refractivity contribution < 1.29 is 149 Å². The molecule has 6 rings (SSSR count). The van der Waals surface area contributed by atoms with Crippen molar-refractivity contribution in [3.05, 3.63) is 133 Å². The van der Waals surface area contributed by atoms with Crippen LogP contribution in [0, 0.1) is 6.86 Å². The molecule has 4 aromatic rings. The predicted octanol–water partition coefficient (Wildman–Crippen LogP) is 0.431. The molecule has 2 unspecified atom stereocenters. The third kappa shape index (κ3) is 22.3. The fourth-order valence-corrected chi connectivity index (χ4v) is 9.88. The summed E-state index contributed by atoms with van der Waals surface area (Å²) in [7, 11) is 2.08. The molecule has 2 heterocycles. The Morgan fingerprint density at radius 1 is 0.746 bits per heavy atom. The fourth-order valence-electron chi connectivity index (χ4n) is 6.87. The van der Waals surface area contributed by atoms with Crippen LogP contribution in [0.25, 0.3) is 0 Å². The summed E-state index contributed by atoms with van der Waals surface area (Å²) in [4.78, 5) is 20.5. The van der Waals surface area contributed by atoms with E-state index in [1.165, 1.54) is 6.07 Å². The van der Waals surface area contributed by atoms with E-state index in [9.17, 15) is 26.0 Å². The molecule has 0 saturated carbocycles. The van der Waals surface area contributed by atoms with E-state index in [4.69, 9.17) is 85.1 Å². The van der Waals surface area contributed by atoms with Gasteiger partial charge in [0.25, 0.3) is 9.05 Å². The monoisotopic (exact) mass is 1120 g/mol. The van der Waals surface area contributed by atoms with Gasteiger partial charge in [-0.2, -0.15) is 0 Å². The number of sulfonamides is 1. The Bertz CT molecular complexity index is 2430. The van der Waals surface area contributed by atoms with E-state index in [0.717, 1.165) is 59.6 Å². The first-order valence-electron chi connectivity index (χ1n) is 20.2. The number of likely N-dealkylation sites (N-methyl/N-ethyl adjacent to an activating group) is 2. The van der Waals surface area contributed by atoms with Gasteiger partial charge in [-0.25, -0.2) is 21.6 Å². The second kappa shape index (κ2) is 34.1. The molecule has 7 N–H and O–H groups in total. The Hall–Kier alpha value is 0.543.